The molecule has 1 saturated heterocycles. The maximum atomic E-state index is 4.42. The lowest BCUT2D eigenvalue weighted by atomic mass is 10.2. The molecule has 0 atom stereocenters. The van der Waals surface area contributed by atoms with Crippen LogP contribution < -0.4 is 10.2 Å². The third-order valence-corrected chi connectivity index (χ3v) is 3.78. The van der Waals surface area contributed by atoms with Crippen molar-refractivity contribution in [3.05, 3.63) is 42.5 Å². The topological polar surface area (TPSA) is 53.9 Å². The van der Waals surface area contributed by atoms with Crippen molar-refractivity contribution in [3.63, 3.8) is 0 Å². The quantitative estimate of drug-likeness (QED) is 0.935. The molecule has 2 aromatic heterocycles. The van der Waals surface area contributed by atoms with Crippen LogP contribution in [0.15, 0.2) is 36.9 Å². The van der Waals surface area contributed by atoms with Crippen molar-refractivity contribution in [2.24, 2.45) is 0 Å². The maximum absolute atomic E-state index is 4.42. The third-order valence-electron chi connectivity index (χ3n) is 3.78. The summed E-state index contributed by atoms with van der Waals surface area (Å²) < 4.78 is 0. The van der Waals surface area contributed by atoms with Gasteiger partial charge < -0.3 is 10.2 Å². The molecule has 1 aliphatic heterocycles. The summed E-state index contributed by atoms with van der Waals surface area (Å²) in [6, 6.07) is 6.04. The fraction of sp³-hybridized carbons (Fsp3) is 0.438. The van der Waals surface area contributed by atoms with Gasteiger partial charge in [-0.2, -0.15) is 0 Å². The van der Waals surface area contributed by atoms with Crippen LogP contribution in [-0.2, 0) is 6.54 Å². The smallest absolute Gasteiger partial charge is 0.134 e. The Hall–Kier alpha value is -2.17. The summed E-state index contributed by atoms with van der Waals surface area (Å²) in [7, 11) is 0. The first-order chi connectivity index (χ1) is 10.4. The minimum Gasteiger partial charge on any atom is -0.366 e. The maximum Gasteiger partial charge on any atom is 0.134 e. The number of pyridine rings is 1. The molecule has 5 nitrogen and oxygen atoms in total. The van der Waals surface area contributed by atoms with E-state index in [1.807, 2.05) is 18.3 Å². The summed E-state index contributed by atoms with van der Waals surface area (Å²) in [6.07, 6.45) is 10.5. The Bertz CT molecular complexity index is 550. The zero-order chi connectivity index (χ0) is 14.3. The van der Waals surface area contributed by atoms with Gasteiger partial charge in [0, 0.05) is 38.1 Å². The molecule has 0 aromatic carbocycles. The van der Waals surface area contributed by atoms with Crippen molar-refractivity contribution in [2.75, 3.05) is 23.3 Å². The molecule has 0 bridgehead atoms. The van der Waals surface area contributed by atoms with Gasteiger partial charge in [-0.3, -0.25) is 4.98 Å². The molecule has 110 valence electrons. The highest BCUT2D eigenvalue weighted by atomic mass is 15.2. The molecule has 3 rings (SSSR count). The molecule has 0 aliphatic carbocycles. The Kier molecular flexibility index (Phi) is 4.61. The highest BCUT2D eigenvalue weighted by Gasteiger charge is 2.11. The number of hydrogen-bond acceptors (Lipinski definition) is 5. The molecule has 2 aromatic rings. The second-order valence-corrected chi connectivity index (χ2v) is 5.38. The predicted molar refractivity (Wildman–Crippen MR) is 84.3 cm³/mol. The lowest BCUT2D eigenvalue weighted by molar-refractivity contribution is 0.726. The van der Waals surface area contributed by atoms with Gasteiger partial charge in [-0.1, -0.05) is 18.9 Å². The minimum absolute atomic E-state index is 0.726. The fourth-order valence-electron chi connectivity index (χ4n) is 2.61. The number of nitrogens with zero attached hydrogens (tertiary/aromatic N) is 4. The first-order valence-corrected chi connectivity index (χ1v) is 7.61. The summed E-state index contributed by atoms with van der Waals surface area (Å²) in [6.45, 7) is 2.92. The van der Waals surface area contributed by atoms with E-state index in [9.17, 15) is 0 Å². The Balaban J connectivity index is 1.65. The Morgan fingerprint density at radius 1 is 1.10 bits per heavy atom. The largest absolute Gasteiger partial charge is 0.366 e. The van der Waals surface area contributed by atoms with Crippen LogP contribution in [-0.4, -0.2) is 28.0 Å². The Morgan fingerprint density at radius 2 is 1.95 bits per heavy atom. The number of nitrogens with one attached hydrogen (secondary N) is 1. The van der Waals surface area contributed by atoms with Gasteiger partial charge in [-0.05, 0) is 24.5 Å². The van der Waals surface area contributed by atoms with Crippen molar-refractivity contribution in [1.82, 2.24) is 15.0 Å². The monoisotopic (exact) mass is 283 g/mol. The van der Waals surface area contributed by atoms with E-state index in [4.69, 9.17) is 0 Å². The van der Waals surface area contributed by atoms with Gasteiger partial charge in [-0.25, -0.2) is 9.97 Å². The third kappa shape index (κ3) is 3.90. The average molecular weight is 283 g/mol. The fourth-order valence-corrected chi connectivity index (χ4v) is 2.61. The van der Waals surface area contributed by atoms with Gasteiger partial charge in [0.15, 0.2) is 0 Å². The standard InChI is InChI=1S/C16H21N5/c1-2-4-9-21(8-3-1)16-10-15(19-13-20-16)18-12-14-6-5-7-17-11-14/h5-7,10-11,13H,1-4,8-9,12H2,(H,18,19,20). The number of rotatable bonds is 4. The molecule has 1 fully saturated rings. The van der Waals surface area contributed by atoms with Crippen molar-refractivity contribution >= 4 is 11.6 Å². The van der Waals surface area contributed by atoms with Crippen molar-refractivity contribution in [1.29, 1.82) is 0 Å². The van der Waals surface area contributed by atoms with Gasteiger partial charge in [0.2, 0.25) is 0 Å². The molecule has 21 heavy (non-hydrogen) atoms. The van der Waals surface area contributed by atoms with Crippen LogP contribution in [0.2, 0.25) is 0 Å². The molecule has 5 heteroatoms. The van der Waals surface area contributed by atoms with Crippen LogP contribution in [0.4, 0.5) is 11.6 Å². The average Bonchev–Trinajstić information content (AvgIpc) is 2.83. The molecule has 1 aliphatic rings. The van der Waals surface area contributed by atoms with Crippen LogP contribution in [0, 0.1) is 0 Å². The van der Waals surface area contributed by atoms with Crippen LogP contribution in [0.1, 0.15) is 31.2 Å². The van der Waals surface area contributed by atoms with Gasteiger partial charge in [0.05, 0.1) is 0 Å². The van der Waals surface area contributed by atoms with E-state index in [0.717, 1.165) is 36.8 Å². The van der Waals surface area contributed by atoms with E-state index in [1.54, 1.807) is 12.5 Å². The van der Waals surface area contributed by atoms with Gasteiger partial charge >= 0.3 is 0 Å². The van der Waals surface area contributed by atoms with Crippen LogP contribution in [0.25, 0.3) is 0 Å². The lowest BCUT2D eigenvalue weighted by Crippen LogP contribution is -2.25. The lowest BCUT2D eigenvalue weighted by Gasteiger charge is -2.21. The van der Waals surface area contributed by atoms with Crippen molar-refractivity contribution < 1.29 is 0 Å². The van der Waals surface area contributed by atoms with Gasteiger partial charge in [-0.15, -0.1) is 0 Å². The van der Waals surface area contributed by atoms with Crippen LogP contribution in [0.3, 0.4) is 0 Å². The normalized spacial score (nSPS) is 15.5. The SMILES string of the molecule is c1cncc(CNc2cc(N3CCCCCC3)ncn2)c1. The summed E-state index contributed by atoms with van der Waals surface area (Å²) >= 11 is 0. The van der Waals surface area contributed by atoms with Gasteiger partial charge in [0.25, 0.3) is 0 Å². The minimum atomic E-state index is 0.726. The number of hydrogen-bond donors (Lipinski definition) is 1. The Labute approximate surface area is 125 Å². The molecule has 0 radical (unpaired) electrons. The molecule has 0 saturated carbocycles. The van der Waals surface area contributed by atoms with Crippen LogP contribution in [0.5, 0.6) is 0 Å². The zero-order valence-corrected chi connectivity index (χ0v) is 12.2. The number of aromatic nitrogens is 3. The van der Waals surface area contributed by atoms with E-state index in [2.05, 4.69) is 31.2 Å². The van der Waals surface area contributed by atoms with Crippen molar-refractivity contribution in [3.8, 4) is 0 Å². The van der Waals surface area contributed by atoms with Crippen LogP contribution >= 0.6 is 0 Å². The van der Waals surface area contributed by atoms with E-state index >= 15 is 0 Å². The summed E-state index contributed by atoms with van der Waals surface area (Å²) in [5, 5.41) is 3.34. The highest BCUT2D eigenvalue weighted by Crippen LogP contribution is 2.19. The molecular formula is C16H21N5. The zero-order valence-electron chi connectivity index (χ0n) is 12.2. The first-order valence-electron chi connectivity index (χ1n) is 7.61. The van der Waals surface area contributed by atoms with Crippen molar-refractivity contribution in [2.45, 2.75) is 32.2 Å². The van der Waals surface area contributed by atoms with Gasteiger partial charge in [0.1, 0.15) is 18.0 Å². The molecule has 0 spiro atoms. The molecule has 1 N–H and O–H groups in total. The molecule has 3 heterocycles. The Morgan fingerprint density at radius 3 is 2.71 bits per heavy atom. The van der Waals surface area contributed by atoms with E-state index in [-0.39, 0.29) is 0 Å². The second kappa shape index (κ2) is 7.02. The van der Waals surface area contributed by atoms with E-state index in [0.29, 0.717) is 0 Å². The molecule has 0 amide bonds. The number of anilines is 2. The first kappa shape index (κ1) is 13.8. The summed E-state index contributed by atoms with van der Waals surface area (Å²) in [4.78, 5) is 15.2. The van der Waals surface area contributed by atoms with E-state index in [1.165, 1.54) is 25.7 Å². The summed E-state index contributed by atoms with van der Waals surface area (Å²) in [5.74, 6) is 1.90. The van der Waals surface area contributed by atoms with E-state index < -0.39 is 0 Å². The second-order valence-electron chi connectivity index (χ2n) is 5.38. The summed E-state index contributed by atoms with van der Waals surface area (Å²) in [5.41, 5.74) is 1.15. The molecular weight excluding hydrogens is 262 g/mol. The highest BCUT2D eigenvalue weighted by molar-refractivity contribution is 5.48. The molecule has 0 unspecified atom stereocenters. The predicted octanol–water partition coefficient (Wildman–Crippen LogP) is 2.86.